The minimum atomic E-state index is -1.08. The average molecular weight is 395 g/mol. The van der Waals surface area contributed by atoms with Crippen LogP contribution in [0.1, 0.15) is 52.1 Å². The molecule has 29 heavy (non-hydrogen) atoms. The van der Waals surface area contributed by atoms with Gasteiger partial charge in [0.1, 0.15) is 5.69 Å². The molecule has 0 aliphatic carbocycles. The molecular weight excluding hydrogens is 364 g/mol. The number of ether oxygens (including phenoxy) is 1. The molecule has 0 saturated carbocycles. The highest BCUT2D eigenvalue weighted by molar-refractivity contribution is 5.85. The number of nitriles is 1. The van der Waals surface area contributed by atoms with Crippen LogP contribution in [0, 0.1) is 29.1 Å². The van der Waals surface area contributed by atoms with E-state index in [9.17, 15) is 10.1 Å². The van der Waals surface area contributed by atoms with E-state index in [-0.39, 0.29) is 5.92 Å². The Balaban J connectivity index is 2.02. The Bertz CT molecular complexity index is 897. The molecule has 4 atom stereocenters. The summed E-state index contributed by atoms with van der Waals surface area (Å²) in [5.74, 6) is 0.282. The molecule has 6 nitrogen and oxygen atoms in total. The van der Waals surface area contributed by atoms with Gasteiger partial charge in [0.25, 0.3) is 0 Å². The van der Waals surface area contributed by atoms with E-state index in [1.807, 2.05) is 38.1 Å². The number of aromatic nitrogens is 2. The third kappa shape index (κ3) is 4.84. The summed E-state index contributed by atoms with van der Waals surface area (Å²) < 4.78 is 5.45. The SMILES string of the molecule is CC[C@@H](C)COC(=O)[C@H](C#N)c1nc2ccccc2nc1N1C[C@@H](C)C[C@H](C)C1. The van der Waals surface area contributed by atoms with Crippen LogP contribution in [0.3, 0.4) is 0 Å². The molecular formula is C23H30N4O2. The van der Waals surface area contributed by atoms with Crippen LogP contribution in [0.5, 0.6) is 0 Å². The summed E-state index contributed by atoms with van der Waals surface area (Å²) >= 11 is 0. The van der Waals surface area contributed by atoms with E-state index in [0.717, 1.165) is 31.4 Å². The molecule has 0 bridgehead atoms. The van der Waals surface area contributed by atoms with E-state index in [1.165, 1.54) is 0 Å². The van der Waals surface area contributed by atoms with Crippen LogP contribution >= 0.6 is 0 Å². The molecule has 0 radical (unpaired) electrons. The summed E-state index contributed by atoms with van der Waals surface area (Å²) in [5.41, 5.74) is 1.85. The first-order chi connectivity index (χ1) is 13.9. The predicted molar refractivity (Wildman–Crippen MR) is 113 cm³/mol. The van der Waals surface area contributed by atoms with Crippen LogP contribution in [-0.2, 0) is 9.53 Å². The molecule has 3 rings (SSSR count). The number of anilines is 1. The number of fused-ring (bicyclic) bond motifs is 1. The van der Waals surface area contributed by atoms with Crippen molar-refractivity contribution in [2.75, 3.05) is 24.6 Å². The normalized spacial score (nSPS) is 21.4. The summed E-state index contributed by atoms with van der Waals surface area (Å²) in [5, 5.41) is 9.83. The van der Waals surface area contributed by atoms with Gasteiger partial charge in [-0.2, -0.15) is 5.26 Å². The molecule has 2 aromatic rings. The zero-order valence-corrected chi connectivity index (χ0v) is 17.8. The van der Waals surface area contributed by atoms with Gasteiger partial charge in [0.05, 0.1) is 23.7 Å². The number of rotatable bonds is 6. The highest BCUT2D eigenvalue weighted by atomic mass is 16.5. The molecule has 1 aliphatic heterocycles. The highest BCUT2D eigenvalue weighted by Gasteiger charge is 2.32. The Hall–Kier alpha value is -2.68. The van der Waals surface area contributed by atoms with Gasteiger partial charge in [-0.3, -0.25) is 4.79 Å². The minimum absolute atomic E-state index is 0.254. The van der Waals surface area contributed by atoms with Crippen LogP contribution in [0.25, 0.3) is 11.0 Å². The highest BCUT2D eigenvalue weighted by Crippen LogP contribution is 2.32. The molecule has 0 N–H and O–H groups in total. The maximum atomic E-state index is 12.8. The van der Waals surface area contributed by atoms with Gasteiger partial charge in [-0.05, 0) is 36.3 Å². The maximum Gasteiger partial charge on any atom is 0.329 e. The van der Waals surface area contributed by atoms with Crippen molar-refractivity contribution >= 4 is 22.8 Å². The third-order valence-electron chi connectivity index (χ3n) is 5.59. The van der Waals surface area contributed by atoms with Gasteiger partial charge in [-0.25, -0.2) is 9.97 Å². The fourth-order valence-corrected chi connectivity index (χ4v) is 3.92. The quantitative estimate of drug-likeness (QED) is 0.679. The van der Waals surface area contributed by atoms with Gasteiger partial charge in [0, 0.05) is 13.1 Å². The number of carbonyl (C=O) groups excluding carboxylic acids is 1. The number of hydrogen-bond acceptors (Lipinski definition) is 6. The summed E-state index contributed by atoms with van der Waals surface area (Å²) in [7, 11) is 0. The molecule has 1 aromatic carbocycles. The van der Waals surface area contributed by atoms with Crippen molar-refractivity contribution < 1.29 is 9.53 Å². The lowest BCUT2D eigenvalue weighted by atomic mass is 9.91. The summed E-state index contributed by atoms with van der Waals surface area (Å²) in [6.07, 6.45) is 2.07. The smallest absolute Gasteiger partial charge is 0.329 e. The lowest BCUT2D eigenvalue weighted by Crippen LogP contribution is -2.40. The van der Waals surface area contributed by atoms with Crippen molar-refractivity contribution in [2.24, 2.45) is 17.8 Å². The number of carbonyl (C=O) groups is 1. The zero-order chi connectivity index (χ0) is 21.0. The van der Waals surface area contributed by atoms with Crippen LogP contribution in [0.15, 0.2) is 24.3 Å². The molecule has 154 valence electrons. The summed E-state index contributed by atoms with van der Waals surface area (Å²) in [4.78, 5) is 24.5. The third-order valence-corrected chi connectivity index (χ3v) is 5.59. The van der Waals surface area contributed by atoms with Gasteiger partial charge >= 0.3 is 5.97 Å². The van der Waals surface area contributed by atoms with Gasteiger partial charge in [-0.15, -0.1) is 0 Å². The molecule has 0 spiro atoms. The van der Waals surface area contributed by atoms with Crippen molar-refractivity contribution in [3.8, 4) is 6.07 Å². The number of piperidine rings is 1. The monoisotopic (exact) mass is 394 g/mol. The minimum Gasteiger partial charge on any atom is -0.464 e. The fraction of sp³-hybridized carbons (Fsp3) is 0.565. The number of benzene rings is 1. The number of nitrogens with zero attached hydrogens (tertiary/aromatic N) is 4. The maximum absolute atomic E-state index is 12.8. The lowest BCUT2D eigenvalue weighted by Gasteiger charge is -2.36. The number of esters is 1. The van der Waals surface area contributed by atoms with Crippen molar-refractivity contribution in [1.29, 1.82) is 5.26 Å². The Morgan fingerprint density at radius 1 is 1.24 bits per heavy atom. The molecule has 2 heterocycles. The van der Waals surface area contributed by atoms with Gasteiger partial charge < -0.3 is 9.64 Å². The molecule has 1 aliphatic rings. The molecule has 0 unspecified atom stereocenters. The van der Waals surface area contributed by atoms with Crippen molar-refractivity contribution in [2.45, 2.75) is 46.5 Å². The number of para-hydroxylation sites is 2. The zero-order valence-electron chi connectivity index (χ0n) is 17.8. The molecule has 6 heteroatoms. The second-order valence-corrected chi connectivity index (χ2v) is 8.48. The van der Waals surface area contributed by atoms with Gasteiger partial charge in [0.2, 0.25) is 0 Å². The standard InChI is InChI=1S/C23H30N4O2/c1-5-15(2)14-29-23(28)18(11-24)21-22(27-12-16(3)10-17(4)13-27)26-20-9-7-6-8-19(20)25-21/h6-9,15-18H,5,10,12-14H2,1-4H3/t15-,16+,17+,18-/m1/s1. The van der Waals surface area contributed by atoms with E-state index in [2.05, 4.69) is 24.8 Å². The van der Waals surface area contributed by atoms with Crippen molar-refractivity contribution in [3.05, 3.63) is 30.0 Å². The first kappa shape index (κ1) is 21.0. The molecule has 0 amide bonds. The number of hydrogen-bond donors (Lipinski definition) is 0. The second-order valence-electron chi connectivity index (χ2n) is 8.48. The fourth-order valence-electron chi connectivity index (χ4n) is 3.92. The van der Waals surface area contributed by atoms with E-state index >= 15 is 0 Å². The molecule has 1 fully saturated rings. The van der Waals surface area contributed by atoms with Crippen LogP contribution < -0.4 is 4.90 Å². The van der Waals surface area contributed by atoms with E-state index < -0.39 is 11.9 Å². The Morgan fingerprint density at radius 3 is 2.45 bits per heavy atom. The van der Waals surface area contributed by atoms with Gasteiger partial charge in [0.15, 0.2) is 11.7 Å². The van der Waals surface area contributed by atoms with Crippen molar-refractivity contribution in [3.63, 3.8) is 0 Å². The van der Waals surface area contributed by atoms with E-state index in [4.69, 9.17) is 14.7 Å². The second kappa shape index (κ2) is 9.21. The first-order valence-corrected chi connectivity index (χ1v) is 10.5. The summed E-state index contributed by atoms with van der Waals surface area (Å²) in [6, 6.07) is 9.70. The van der Waals surface area contributed by atoms with Gasteiger partial charge in [-0.1, -0.05) is 46.2 Å². The molecule has 1 aromatic heterocycles. The summed E-state index contributed by atoms with van der Waals surface area (Å²) in [6.45, 7) is 10.5. The lowest BCUT2D eigenvalue weighted by molar-refractivity contribution is -0.145. The average Bonchev–Trinajstić information content (AvgIpc) is 2.71. The Morgan fingerprint density at radius 2 is 1.86 bits per heavy atom. The first-order valence-electron chi connectivity index (χ1n) is 10.5. The molecule has 1 saturated heterocycles. The van der Waals surface area contributed by atoms with Crippen LogP contribution in [-0.4, -0.2) is 35.6 Å². The van der Waals surface area contributed by atoms with E-state index in [1.54, 1.807) is 0 Å². The van der Waals surface area contributed by atoms with Crippen LogP contribution in [0.4, 0.5) is 5.82 Å². The topological polar surface area (TPSA) is 79.1 Å². The Kier molecular flexibility index (Phi) is 6.68. The Labute approximate surface area is 172 Å². The van der Waals surface area contributed by atoms with Crippen LogP contribution in [0.2, 0.25) is 0 Å². The van der Waals surface area contributed by atoms with E-state index in [0.29, 0.717) is 35.5 Å². The largest absolute Gasteiger partial charge is 0.464 e. The van der Waals surface area contributed by atoms with Crippen molar-refractivity contribution in [1.82, 2.24) is 9.97 Å². The predicted octanol–water partition coefficient (Wildman–Crippen LogP) is 4.31.